The van der Waals surface area contributed by atoms with Gasteiger partial charge in [0, 0.05) is 45.8 Å². The summed E-state index contributed by atoms with van der Waals surface area (Å²) in [6.45, 7) is 23.7. The van der Waals surface area contributed by atoms with Crippen LogP contribution in [-0.2, 0) is 32.5 Å². The number of hydrogen-bond acceptors (Lipinski definition) is 7. The van der Waals surface area contributed by atoms with E-state index in [1.807, 2.05) is 17.8 Å². The topological polar surface area (TPSA) is 107 Å². The molecule has 4 aliphatic rings. The lowest BCUT2D eigenvalue weighted by molar-refractivity contribution is -0.123. The van der Waals surface area contributed by atoms with Gasteiger partial charge in [0.1, 0.15) is 12.1 Å². The number of unbranched alkanes of at least 4 members (excludes halogenated alkanes) is 9. The number of aromatic nitrogens is 2. The monoisotopic (exact) mass is 1000 g/mol. The maximum atomic E-state index is 13.8. The first kappa shape index (κ1) is 59.9. The summed E-state index contributed by atoms with van der Waals surface area (Å²) in [7, 11) is 1.91. The fourth-order valence-corrected chi connectivity index (χ4v) is 13.9. The average Bonchev–Trinajstić information content (AvgIpc) is 3.94. The molecule has 4 aliphatic carbocycles. The molecule has 0 radical (unpaired) electrons. The molecule has 1 aromatic rings. The van der Waals surface area contributed by atoms with Crippen molar-refractivity contribution >= 4 is 12.0 Å². The third kappa shape index (κ3) is 18.7. The lowest BCUT2D eigenvalue weighted by atomic mass is 9.47. The number of allylic oxidation sites excluding steroid dienone is 5. The van der Waals surface area contributed by atoms with Crippen LogP contribution in [0.3, 0.4) is 0 Å². The van der Waals surface area contributed by atoms with E-state index in [1.165, 1.54) is 121 Å². The molecular weight excluding hydrogens is 895 g/mol. The number of rotatable bonds is 35. The predicted octanol–water partition coefficient (Wildman–Crippen LogP) is 14.1. The third-order valence-electron chi connectivity index (χ3n) is 18.2. The Kier molecular flexibility index (Phi) is 26.5. The Labute approximate surface area is 440 Å². The Balaban J connectivity index is 1.03. The van der Waals surface area contributed by atoms with Crippen LogP contribution in [-0.4, -0.2) is 90.7 Å². The van der Waals surface area contributed by atoms with Crippen LogP contribution in [0, 0.1) is 46.3 Å². The van der Waals surface area contributed by atoms with Crippen LogP contribution in [0.4, 0.5) is 4.79 Å². The summed E-state index contributed by atoms with van der Waals surface area (Å²) in [4.78, 5) is 34.4. The second-order valence-corrected chi connectivity index (χ2v) is 23.9. The molecule has 2 amide bonds. The SMILES string of the molecule is CCCCC/C=C\C/C=C\CCCCCCCCOCC(CN(CC)CC)OCCNC(=O)[C@H](Cc1cn(C)cn1)NC(=O)O[C@H]1CC[C@@]2(C)C(=CC[C@H]3[C@@H]4CC[C@H]([C@H](C)CCCC(C)C)[C@@]4(C)CC[C@@H]32)C1. The molecule has 5 rings (SSSR count). The Morgan fingerprint density at radius 1 is 0.861 bits per heavy atom. The summed E-state index contributed by atoms with van der Waals surface area (Å²) in [5.74, 6) is 4.49. The number of alkyl carbamates (subject to hydrolysis) is 1. The second-order valence-electron chi connectivity index (χ2n) is 23.9. The predicted molar refractivity (Wildman–Crippen MR) is 298 cm³/mol. The van der Waals surface area contributed by atoms with Gasteiger partial charge in [0.25, 0.3) is 0 Å². The van der Waals surface area contributed by atoms with Gasteiger partial charge < -0.3 is 34.3 Å². The first-order valence-corrected chi connectivity index (χ1v) is 29.9. The van der Waals surface area contributed by atoms with Crippen molar-refractivity contribution in [2.45, 2.75) is 228 Å². The Morgan fingerprint density at radius 3 is 2.31 bits per heavy atom. The molecule has 0 aromatic carbocycles. The number of likely N-dealkylation sites (N-methyl/N-ethyl adjacent to an activating group) is 1. The van der Waals surface area contributed by atoms with Gasteiger partial charge in [-0.05, 0) is 143 Å². The fraction of sp³-hybridized carbons (Fsp3) is 0.823. The van der Waals surface area contributed by atoms with E-state index in [1.54, 1.807) is 6.33 Å². The molecule has 410 valence electrons. The Hall–Kier alpha value is -2.95. The number of nitrogens with zero attached hydrogens (tertiary/aromatic N) is 3. The summed E-state index contributed by atoms with van der Waals surface area (Å²) < 4.78 is 20.6. The van der Waals surface area contributed by atoms with E-state index in [4.69, 9.17) is 14.2 Å². The minimum Gasteiger partial charge on any atom is -0.446 e. The third-order valence-corrected chi connectivity index (χ3v) is 18.2. The van der Waals surface area contributed by atoms with Crippen molar-refractivity contribution in [1.82, 2.24) is 25.1 Å². The van der Waals surface area contributed by atoms with Gasteiger partial charge in [0.2, 0.25) is 5.91 Å². The van der Waals surface area contributed by atoms with Crippen LogP contribution in [0.5, 0.6) is 0 Å². The number of nitrogens with one attached hydrogen (secondary N) is 2. The second kappa shape index (κ2) is 31.8. The molecule has 72 heavy (non-hydrogen) atoms. The summed E-state index contributed by atoms with van der Waals surface area (Å²) in [6.07, 6.45) is 43.1. The van der Waals surface area contributed by atoms with Gasteiger partial charge in [-0.1, -0.05) is 149 Å². The quantitative estimate of drug-likeness (QED) is 0.0515. The zero-order valence-corrected chi connectivity index (χ0v) is 47.5. The van der Waals surface area contributed by atoms with Gasteiger partial charge in [0.05, 0.1) is 31.3 Å². The largest absolute Gasteiger partial charge is 0.446 e. The number of imidazole rings is 1. The van der Waals surface area contributed by atoms with Gasteiger partial charge in [-0.2, -0.15) is 0 Å². The van der Waals surface area contributed by atoms with E-state index in [-0.39, 0.29) is 30.0 Å². The van der Waals surface area contributed by atoms with E-state index in [0.717, 1.165) is 93.6 Å². The van der Waals surface area contributed by atoms with Crippen LogP contribution in [0.15, 0.2) is 48.5 Å². The molecule has 1 unspecified atom stereocenters. The number of carbonyl (C=O) groups excluding carboxylic acids is 2. The van der Waals surface area contributed by atoms with E-state index < -0.39 is 12.1 Å². The Morgan fingerprint density at radius 2 is 1.60 bits per heavy atom. The fourth-order valence-electron chi connectivity index (χ4n) is 13.9. The Bertz CT molecular complexity index is 1790. The number of fused-ring (bicyclic) bond motifs is 5. The first-order valence-electron chi connectivity index (χ1n) is 29.9. The van der Waals surface area contributed by atoms with Crippen LogP contribution in [0.2, 0.25) is 0 Å². The minimum atomic E-state index is -0.829. The maximum absolute atomic E-state index is 13.8. The number of carbonyl (C=O) groups is 2. The van der Waals surface area contributed by atoms with E-state index in [2.05, 4.69) is 106 Å². The van der Waals surface area contributed by atoms with E-state index in [0.29, 0.717) is 31.1 Å². The molecule has 2 N–H and O–H groups in total. The van der Waals surface area contributed by atoms with Crippen LogP contribution in [0.1, 0.15) is 209 Å². The molecule has 10 nitrogen and oxygen atoms in total. The molecule has 0 spiro atoms. The zero-order valence-electron chi connectivity index (χ0n) is 47.5. The highest BCUT2D eigenvalue weighted by molar-refractivity contribution is 5.85. The molecule has 3 fully saturated rings. The summed E-state index contributed by atoms with van der Waals surface area (Å²) in [5.41, 5.74) is 2.87. The summed E-state index contributed by atoms with van der Waals surface area (Å²) >= 11 is 0. The van der Waals surface area contributed by atoms with Crippen LogP contribution in [0.25, 0.3) is 0 Å². The first-order chi connectivity index (χ1) is 34.8. The molecule has 0 bridgehead atoms. The standard InChI is InChI=1S/C62H107N5O5/c1-10-13-14-15-16-17-18-19-20-21-22-23-24-25-26-27-40-70-46-53(45-67(11-2)12-3)71-41-39-63-59(68)58(43-51-44-66(9)47-64-51)65-60(69)72-52-35-37-61(7)50(42-52)31-32-54-56-34-33-55(49(6)30-28-29-48(4)5)62(56,8)38-36-57(54)61/h16-17,19-20,31,44,47-49,52-58H,10-15,18,21-30,32-43,45-46H2,1-9H3,(H,63,68)(H,65,69)/b17-16-,20-19-/t49-,52+,53?,54+,55-,56+,57+,58+,61+,62-/m1/s1. The molecule has 10 atom stereocenters. The number of aryl methyl sites for hydroxylation is 1. The van der Waals surface area contributed by atoms with Crippen molar-refractivity contribution in [3.63, 3.8) is 0 Å². The molecule has 3 saturated carbocycles. The zero-order chi connectivity index (χ0) is 51.8. The molecule has 1 heterocycles. The van der Waals surface area contributed by atoms with Crippen molar-refractivity contribution in [2.75, 3.05) is 46.0 Å². The van der Waals surface area contributed by atoms with Crippen molar-refractivity contribution in [3.05, 3.63) is 54.2 Å². The highest BCUT2D eigenvalue weighted by atomic mass is 16.6. The number of ether oxygens (including phenoxy) is 3. The van der Waals surface area contributed by atoms with E-state index >= 15 is 0 Å². The van der Waals surface area contributed by atoms with Gasteiger partial charge >= 0.3 is 6.09 Å². The molecular formula is C62H107N5O5. The van der Waals surface area contributed by atoms with Crippen molar-refractivity contribution in [1.29, 1.82) is 0 Å². The van der Waals surface area contributed by atoms with Crippen molar-refractivity contribution in [3.8, 4) is 0 Å². The molecule has 1 aromatic heterocycles. The van der Waals surface area contributed by atoms with Crippen molar-refractivity contribution in [2.24, 2.45) is 53.4 Å². The average molecular weight is 1000 g/mol. The smallest absolute Gasteiger partial charge is 0.408 e. The molecule has 0 saturated heterocycles. The lowest BCUT2D eigenvalue weighted by Gasteiger charge is -2.58. The highest BCUT2D eigenvalue weighted by Gasteiger charge is 2.59. The summed E-state index contributed by atoms with van der Waals surface area (Å²) in [6, 6.07) is -0.829. The van der Waals surface area contributed by atoms with E-state index in [9.17, 15) is 9.59 Å². The van der Waals surface area contributed by atoms with Crippen LogP contribution < -0.4 is 10.6 Å². The van der Waals surface area contributed by atoms with Gasteiger partial charge in [-0.15, -0.1) is 0 Å². The number of hydrogen-bond donors (Lipinski definition) is 2. The molecule has 10 heteroatoms. The molecule has 0 aliphatic heterocycles. The van der Waals surface area contributed by atoms with Gasteiger partial charge in [-0.25, -0.2) is 9.78 Å². The number of amides is 2. The van der Waals surface area contributed by atoms with Crippen molar-refractivity contribution < 1.29 is 23.8 Å². The lowest BCUT2D eigenvalue weighted by Crippen LogP contribution is -2.52. The van der Waals surface area contributed by atoms with Gasteiger partial charge in [-0.3, -0.25) is 4.79 Å². The normalized spacial score (nSPS) is 26.4. The van der Waals surface area contributed by atoms with Crippen LogP contribution >= 0.6 is 0 Å². The maximum Gasteiger partial charge on any atom is 0.408 e. The summed E-state index contributed by atoms with van der Waals surface area (Å²) in [5, 5.41) is 6.01. The van der Waals surface area contributed by atoms with Gasteiger partial charge in [0.15, 0.2) is 0 Å². The minimum absolute atomic E-state index is 0.0993. The highest BCUT2D eigenvalue weighted by Crippen LogP contribution is 2.67.